The molecule has 0 bridgehead atoms. The molecule has 0 unspecified atom stereocenters. The molecule has 4 heteroatoms. The van der Waals surface area contributed by atoms with E-state index < -0.39 is 5.91 Å². The summed E-state index contributed by atoms with van der Waals surface area (Å²) in [6.45, 7) is 3.79. The third-order valence-corrected chi connectivity index (χ3v) is 2.46. The molecule has 0 saturated carbocycles. The molecule has 2 N–H and O–H groups in total. The van der Waals surface area contributed by atoms with E-state index in [1.165, 1.54) is 0 Å². The summed E-state index contributed by atoms with van der Waals surface area (Å²) in [6.07, 6.45) is 2.27. The number of nitrogens with two attached hydrogens (primary N) is 1. The van der Waals surface area contributed by atoms with Crippen LogP contribution in [0.1, 0.15) is 15.9 Å². The molecule has 0 aliphatic rings. The number of aromatic nitrogens is 1. The number of carbonyl (C=O) groups is 1. The third-order valence-electron chi connectivity index (χ3n) is 2.46. The van der Waals surface area contributed by atoms with Crippen LogP contribution in [-0.2, 0) is 6.42 Å². The van der Waals surface area contributed by atoms with E-state index in [-0.39, 0.29) is 11.4 Å². The molecule has 2 rings (SSSR count). The second kappa shape index (κ2) is 5.31. The van der Waals surface area contributed by atoms with Crippen LogP contribution in [0.25, 0.3) is 0 Å². The Morgan fingerprint density at radius 3 is 2.61 bits per heavy atom. The molecule has 0 fully saturated rings. The predicted octanol–water partition coefficient (Wildman–Crippen LogP) is 2.35. The molecule has 1 aromatic heterocycles. The van der Waals surface area contributed by atoms with E-state index in [9.17, 15) is 4.79 Å². The van der Waals surface area contributed by atoms with Crippen LogP contribution in [-0.4, -0.2) is 10.9 Å². The Balaban J connectivity index is 2.25. The van der Waals surface area contributed by atoms with Gasteiger partial charge >= 0.3 is 0 Å². The lowest BCUT2D eigenvalue weighted by Crippen LogP contribution is -2.12. The highest BCUT2D eigenvalue weighted by molar-refractivity contribution is 5.95. The van der Waals surface area contributed by atoms with E-state index in [0.29, 0.717) is 5.75 Å². The summed E-state index contributed by atoms with van der Waals surface area (Å²) in [5.41, 5.74) is 6.62. The van der Waals surface area contributed by atoms with Crippen molar-refractivity contribution in [3.8, 4) is 11.6 Å². The summed E-state index contributed by atoms with van der Waals surface area (Å²) >= 11 is 0. The van der Waals surface area contributed by atoms with E-state index in [4.69, 9.17) is 10.5 Å². The number of rotatable bonds is 4. The molecule has 0 aliphatic heterocycles. The highest BCUT2D eigenvalue weighted by Gasteiger charge is 2.10. The predicted molar refractivity (Wildman–Crippen MR) is 68.3 cm³/mol. The lowest BCUT2D eigenvalue weighted by atomic mass is 10.2. The minimum atomic E-state index is -0.563. The van der Waals surface area contributed by atoms with Crippen molar-refractivity contribution in [2.75, 3.05) is 0 Å². The molecule has 1 amide bonds. The zero-order chi connectivity index (χ0) is 13.0. The maximum Gasteiger partial charge on any atom is 0.254 e. The summed E-state index contributed by atoms with van der Waals surface area (Å²) in [5, 5.41) is 0. The average molecular weight is 241 g/mol. The summed E-state index contributed by atoms with van der Waals surface area (Å²) in [6, 6.07) is 10.7. The molecule has 0 spiro atoms. The number of nitrogens with zero attached hydrogens (tertiary/aromatic N) is 1. The van der Waals surface area contributed by atoms with Gasteiger partial charge in [-0.1, -0.05) is 12.1 Å². The number of primary amides is 1. The molecule has 0 atom stereocenters. The van der Waals surface area contributed by atoms with Crippen LogP contribution in [0, 0.1) is 6.92 Å². The van der Waals surface area contributed by atoms with Crippen LogP contribution >= 0.6 is 0 Å². The van der Waals surface area contributed by atoms with Gasteiger partial charge in [0.15, 0.2) is 0 Å². The molecule has 18 heavy (non-hydrogen) atoms. The van der Waals surface area contributed by atoms with Gasteiger partial charge in [0.1, 0.15) is 11.3 Å². The number of pyridine rings is 1. The Morgan fingerprint density at radius 2 is 2.00 bits per heavy atom. The van der Waals surface area contributed by atoms with Crippen molar-refractivity contribution in [2.45, 2.75) is 6.42 Å². The first-order chi connectivity index (χ1) is 8.70. The van der Waals surface area contributed by atoms with Crippen LogP contribution < -0.4 is 10.5 Å². The van der Waals surface area contributed by atoms with E-state index in [0.717, 1.165) is 12.0 Å². The van der Waals surface area contributed by atoms with Crippen LogP contribution in [0.3, 0.4) is 0 Å². The Morgan fingerprint density at radius 1 is 1.28 bits per heavy atom. The van der Waals surface area contributed by atoms with Gasteiger partial charge < -0.3 is 10.5 Å². The molecule has 2 aromatic rings. The van der Waals surface area contributed by atoms with Crippen LogP contribution in [0.4, 0.5) is 0 Å². The van der Waals surface area contributed by atoms with Gasteiger partial charge in [-0.25, -0.2) is 4.98 Å². The fraction of sp³-hybridized carbons (Fsp3) is 0.0714. The second-order valence-electron chi connectivity index (χ2n) is 3.72. The number of ether oxygens (including phenoxy) is 1. The van der Waals surface area contributed by atoms with Crippen molar-refractivity contribution in [1.82, 2.24) is 4.98 Å². The fourth-order valence-corrected chi connectivity index (χ4v) is 1.50. The highest BCUT2D eigenvalue weighted by atomic mass is 16.5. The van der Waals surface area contributed by atoms with Gasteiger partial charge in [-0.3, -0.25) is 4.79 Å². The Labute approximate surface area is 105 Å². The highest BCUT2D eigenvalue weighted by Crippen LogP contribution is 2.22. The Bertz CT molecular complexity index is 550. The molecule has 0 aliphatic carbocycles. The van der Waals surface area contributed by atoms with Crippen molar-refractivity contribution in [3.63, 3.8) is 0 Å². The van der Waals surface area contributed by atoms with Gasteiger partial charge in [0.25, 0.3) is 5.91 Å². The molecular weight excluding hydrogens is 228 g/mol. The number of amides is 1. The fourth-order valence-electron chi connectivity index (χ4n) is 1.50. The molecule has 1 aromatic carbocycles. The number of hydrogen-bond acceptors (Lipinski definition) is 3. The third kappa shape index (κ3) is 2.66. The zero-order valence-electron chi connectivity index (χ0n) is 9.80. The monoisotopic (exact) mass is 241 g/mol. The maximum atomic E-state index is 11.2. The van der Waals surface area contributed by atoms with Crippen molar-refractivity contribution < 1.29 is 9.53 Å². The molecule has 0 saturated heterocycles. The van der Waals surface area contributed by atoms with Crippen LogP contribution in [0.15, 0.2) is 42.6 Å². The van der Waals surface area contributed by atoms with Gasteiger partial charge in [-0.15, -0.1) is 0 Å². The van der Waals surface area contributed by atoms with Crippen molar-refractivity contribution in [2.24, 2.45) is 5.73 Å². The lowest BCUT2D eigenvalue weighted by molar-refractivity contribution is 0.0997. The first kappa shape index (κ1) is 12.1. The maximum absolute atomic E-state index is 11.2. The van der Waals surface area contributed by atoms with Gasteiger partial charge in [-0.05, 0) is 43.2 Å². The zero-order valence-corrected chi connectivity index (χ0v) is 9.80. The van der Waals surface area contributed by atoms with Gasteiger partial charge in [0, 0.05) is 6.20 Å². The van der Waals surface area contributed by atoms with Crippen molar-refractivity contribution in [1.29, 1.82) is 0 Å². The SMILES string of the molecule is [CH2]Cc1ccc(Oc2ncccc2C(N)=O)cc1. The second-order valence-corrected chi connectivity index (χ2v) is 3.72. The van der Waals surface area contributed by atoms with Crippen LogP contribution in [0.2, 0.25) is 0 Å². The Hall–Kier alpha value is -2.36. The minimum absolute atomic E-state index is 0.215. The molecule has 4 nitrogen and oxygen atoms in total. The lowest BCUT2D eigenvalue weighted by Gasteiger charge is -2.07. The van der Waals surface area contributed by atoms with Crippen LogP contribution in [0.5, 0.6) is 11.6 Å². The van der Waals surface area contributed by atoms with E-state index >= 15 is 0 Å². The molecule has 91 valence electrons. The first-order valence-electron chi connectivity index (χ1n) is 5.51. The van der Waals surface area contributed by atoms with E-state index in [2.05, 4.69) is 11.9 Å². The number of benzene rings is 1. The van der Waals surface area contributed by atoms with Gasteiger partial charge in [0.2, 0.25) is 5.88 Å². The summed E-state index contributed by atoms with van der Waals surface area (Å²) < 4.78 is 5.54. The van der Waals surface area contributed by atoms with E-state index in [1.807, 2.05) is 12.1 Å². The summed E-state index contributed by atoms with van der Waals surface area (Å²) in [5.74, 6) is 0.258. The smallest absolute Gasteiger partial charge is 0.254 e. The van der Waals surface area contributed by atoms with Gasteiger partial charge in [0.05, 0.1) is 0 Å². The van der Waals surface area contributed by atoms with E-state index in [1.54, 1.807) is 30.5 Å². The largest absolute Gasteiger partial charge is 0.438 e. The topological polar surface area (TPSA) is 65.2 Å². The standard InChI is InChI=1S/C14H13N2O2/c1-2-10-5-7-11(8-6-10)18-14-12(13(15)17)4-3-9-16-14/h3-9H,1-2H2,(H2,15,17). The minimum Gasteiger partial charge on any atom is -0.438 e. The number of carbonyl (C=O) groups excluding carboxylic acids is 1. The molecule has 1 radical (unpaired) electrons. The summed E-state index contributed by atoms with van der Waals surface area (Å²) in [7, 11) is 0. The summed E-state index contributed by atoms with van der Waals surface area (Å²) in [4.78, 5) is 15.2. The quantitative estimate of drug-likeness (QED) is 0.893. The molecular formula is C14H13N2O2. The first-order valence-corrected chi connectivity index (χ1v) is 5.51. The van der Waals surface area contributed by atoms with Crippen molar-refractivity contribution in [3.05, 3.63) is 60.6 Å². The molecule has 1 heterocycles. The van der Waals surface area contributed by atoms with Gasteiger partial charge in [-0.2, -0.15) is 0 Å². The Kier molecular flexibility index (Phi) is 3.57. The number of hydrogen-bond donors (Lipinski definition) is 1. The average Bonchev–Trinajstić information content (AvgIpc) is 2.40. The normalized spacial score (nSPS) is 10.1. The van der Waals surface area contributed by atoms with Crippen molar-refractivity contribution >= 4 is 5.91 Å².